The number of furan rings is 1. The molecule has 0 saturated carbocycles. The lowest BCUT2D eigenvalue weighted by molar-refractivity contribution is 0.672. The van der Waals surface area contributed by atoms with E-state index in [0.717, 1.165) is 66.4 Å². The van der Waals surface area contributed by atoms with E-state index in [4.69, 9.17) is 24.4 Å². The molecule has 0 aliphatic rings. The number of pyridine rings is 1. The Labute approximate surface area is 293 Å². The maximum atomic E-state index is 6.59. The number of nitrogens with zero attached hydrogens (tertiary/aromatic N) is 4. The third-order valence-electron chi connectivity index (χ3n) is 9.52. The van der Waals surface area contributed by atoms with Crippen molar-refractivity contribution in [3.63, 3.8) is 0 Å². The number of aromatic nitrogens is 4. The molecule has 0 atom stereocenters. The molecule has 10 rings (SSSR count). The van der Waals surface area contributed by atoms with Crippen molar-refractivity contribution in [3.8, 4) is 56.5 Å². The van der Waals surface area contributed by atoms with Gasteiger partial charge in [0.15, 0.2) is 17.5 Å². The molecule has 0 unspecified atom stereocenters. The first-order valence-corrected chi connectivity index (χ1v) is 17.0. The van der Waals surface area contributed by atoms with Gasteiger partial charge in [0.2, 0.25) is 0 Å². The fourth-order valence-corrected chi connectivity index (χ4v) is 7.03. The summed E-state index contributed by atoms with van der Waals surface area (Å²) in [5.74, 6) is 1.82. The molecule has 7 aromatic carbocycles. The van der Waals surface area contributed by atoms with Gasteiger partial charge in [0.1, 0.15) is 11.2 Å². The zero-order valence-electron chi connectivity index (χ0n) is 27.4. The van der Waals surface area contributed by atoms with E-state index in [1.807, 2.05) is 84.9 Å². The van der Waals surface area contributed by atoms with Crippen LogP contribution in [0.15, 0.2) is 174 Å². The zero-order chi connectivity index (χ0) is 33.7. The van der Waals surface area contributed by atoms with Gasteiger partial charge < -0.3 is 4.42 Å². The Balaban J connectivity index is 1.16. The van der Waals surface area contributed by atoms with Gasteiger partial charge in [-0.1, -0.05) is 152 Å². The van der Waals surface area contributed by atoms with E-state index in [0.29, 0.717) is 17.5 Å². The van der Waals surface area contributed by atoms with Crippen molar-refractivity contribution in [2.45, 2.75) is 0 Å². The van der Waals surface area contributed by atoms with Crippen LogP contribution >= 0.6 is 0 Å². The van der Waals surface area contributed by atoms with Crippen molar-refractivity contribution in [1.29, 1.82) is 0 Å². The van der Waals surface area contributed by atoms with Crippen molar-refractivity contribution in [3.05, 3.63) is 170 Å². The Hall–Kier alpha value is -6.98. The Kier molecular flexibility index (Phi) is 6.74. The summed E-state index contributed by atoms with van der Waals surface area (Å²) in [5, 5.41) is 5.43. The van der Waals surface area contributed by atoms with Crippen LogP contribution in [0.2, 0.25) is 0 Å². The zero-order valence-corrected chi connectivity index (χ0v) is 27.4. The summed E-state index contributed by atoms with van der Waals surface area (Å²) in [7, 11) is 0. The second-order valence-corrected chi connectivity index (χ2v) is 12.6. The molecule has 0 amide bonds. The highest BCUT2D eigenvalue weighted by atomic mass is 16.3. The standard InChI is InChI=1S/C46H28N4O/c1-3-13-32(14-4-1)44-48-45(33-15-5-2-6-16-33)50-46(49-44)34-26-27-37-39(28-34)47-42(41-38-19-9-10-21-40(38)51-43(37)41)31-24-22-30(23-25-31)36-20-11-17-29-12-7-8-18-35(29)36/h1-28H. The van der Waals surface area contributed by atoms with Gasteiger partial charge in [-0.3, -0.25) is 0 Å². The first-order chi connectivity index (χ1) is 25.3. The van der Waals surface area contributed by atoms with E-state index < -0.39 is 0 Å². The monoisotopic (exact) mass is 652 g/mol. The molecule has 0 spiro atoms. The van der Waals surface area contributed by atoms with Crippen LogP contribution in [0.4, 0.5) is 0 Å². The van der Waals surface area contributed by atoms with E-state index >= 15 is 0 Å². The minimum Gasteiger partial charge on any atom is -0.455 e. The SMILES string of the molecule is c1ccc(-c2nc(-c3ccccc3)nc(-c3ccc4c(c3)nc(-c3ccc(-c5cccc6ccccc56)cc3)c3c5ccccc5oc43)n2)cc1. The van der Waals surface area contributed by atoms with Gasteiger partial charge >= 0.3 is 0 Å². The minimum absolute atomic E-state index is 0.581. The topological polar surface area (TPSA) is 64.7 Å². The quantitative estimate of drug-likeness (QED) is 0.185. The van der Waals surface area contributed by atoms with Crippen LogP contribution in [-0.2, 0) is 0 Å². The van der Waals surface area contributed by atoms with Crippen molar-refractivity contribution in [2.75, 3.05) is 0 Å². The molecule has 51 heavy (non-hydrogen) atoms. The van der Waals surface area contributed by atoms with Crippen molar-refractivity contribution in [2.24, 2.45) is 0 Å². The van der Waals surface area contributed by atoms with Crippen molar-refractivity contribution < 1.29 is 4.42 Å². The number of benzene rings is 7. The van der Waals surface area contributed by atoms with Crippen LogP contribution in [0.3, 0.4) is 0 Å². The van der Waals surface area contributed by atoms with Crippen LogP contribution in [0.5, 0.6) is 0 Å². The molecule has 0 fully saturated rings. The third kappa shape index (κ3) is 5.03. The highest BCUT2D eigenvalue weighted by molar-refractivity contribution is 6.19. The molecule has 0 radical (unpaired) electrons. The van der Waals surface area contributed by atoms with Gasteiger partial charge in [0.25, 0.3) is 0 Å². The predicted molar refractivity (Wildman–Crippen MR) is 207 cm³/mol. The van der Waals surface area contributed by atoms with E-state index in [1.165, 1.54) is 16.3 Å². The molecule has 5 heteroatoms. The number of rotatable bonds is 5. The van der Waals surface area contributed by atoms with Crippen LogP contribution < -0.4 is 0 Å². The summed E-state index contributed by atoms with van der Waals surface area (Å²) in [6.07, 6.45) is 0. The Morgan fingerprint density at radius 2 is 0.941 bits per heavy atom. The number of para-hydroxylation sites is 1. The van der Waals surface area contributed by atoms with E-state index in [1.54, 1.807) is 0 Å². The minimum atomic E-state index is 0.581. The largest absolute Gasteiger partial charge is 0.455 e. The fraction of sp³-hybridized carbons (Fsp3) is 0. The number of hydrogen-bond donors (Lipinski definition) is 0. The number of hydrogen-bond acceptors (Lipinski definition) is 5. The van der Waals surface area contributed by atoms with Gasteiger partial charge in [0, 0.05) is 33.0 Å². The molecule has 5 nitrogen and oxygen atoms in total. The summed E-state index contributed by atoms with van der Waals surface area (Å²) < 4.78 is 6.59. The third-order valence-corrected chi connectivity index (χ3v) is 9.52. The normalized spacial score (nSPS) is 11.5. The van der Waals surface area contributed by atoms with Gasteiger partial charge in [-0.25, -0.2) is 19.9 Å². The molecule has 3 aromatic heterocycles. The van der Waals surface area contributed by atoms with Gasteiger partial charge in [-0.2, -0.15) is 0 Å². The molecule has 0 bridgehead atoms. The lowest BCUT2D eigenvalue weighted by atomic mass is 9.96. The first kappa shape index (κ1) is 29.0. The lowest BCUT2D eigenvalue weighted by Crippen LogP contribution is -2.00. The second kappa shape index (κ2) is 11.9. The summed E-state index contributed by atoms with van der Waals surface area (Å²) >= 11 is 0. The summed E-state index contributed by atoms with van der Waals surface area (Å²) in [6.45, 7) is 0. The predicted octanol–water partition coefficient (Wildman–Crippen LogP) is 11.8. The highest BCUT2D eigenvalue weighted by Crippen LogP contribution is 2.41. The molecule has 0 saturated heterocycles. The molecule has 0 N–H and O–H groups in total. The maximum absolute atomic E-state index is 6.59. The molecular formula is C46H28N4O. The second-order valence-electron chi connectivity index (χ2n) is 12.6. The fourth-order valence-electron chi connectivity index (χ4n) is 7.03. The van der Waals surface area contributed by atoms with E-state index in [2.05, 4.69) is 84.9 Å². The Bertz CT molecular complexity index is 2840. The molecule has 238 valence electrons. The van der Waals surface area contributed by atoms with E-state index in [-0.39, 0.29) is 0 Å². The average molecular weight is 653 g/mol. The maximum Gasteiger partial charge on any atom is 0.164 e. The van der Waals surface area contributed by atoms with Gasteiger partial charge in [-0.15, -0.1) is 0 Å². The summed E-state index contributed by atoms with van der Waals surface area (Å²) in [6, 6.07) is 58.1. The van der Waals surface area contributed by atoms with Gasteiger partial charge in [-0.05, 0) is 40.1 Å². The molecule has 3 heterocycles. The lowest BCUT2D eigenvalue weighted by Gasteiger charge is -2.11. The average Bonchev–Trinajstić information content (AvgIpc) is 3.61. The Morgan fingerprint density at radius 1 is 0.373 bits per heavy atom. The van der Waals surface area contributed by atoms with Crippen LogP contribution in [0, 0.1) is 0 Å². The summed E-state index contributed by atoms with van der Waals surface area (Å²) in [4.78, 5) is 20.2. The van der Waals surface area contributed by atoms with E-state index in [9.17, 15) is 0 Å². The van der Waals surface area contributed by atoms with Gasteiger partial charge in [0.05, 0.1) is 16.6 Å². The Morgan fingerprint density at radius 3 is 1.67 bits per heavy atom. The van der Waals surface area contributed by atoms with Crippen LogP contribution in [0.1, 0.15) is 0 Å². The summed E-state index contributed by atoms with van der Waals surface area (Å²) in [5.41, 5.74) is 9.39. The highest BCUT2D eigenvalue weighted by Gasteiger charge is 2.20. The molecule has 0 aliphatic heterocycles. The van der Waals surface area contributed by atoms with Crippen LogP contribution in [-0.4, -0.2) is 19.9 Å². The first-order valence-electron chi connectivity index (χ1n) is 17.0. The molecule has 10 aromatic rings. The number of fused-ring (bicyclic) bond motifs is 6. The van der Waals surface area contributed by atoms with Crippen molar-refractivity contribution in [1.82, 2.24) is 19.9 Å². The smallest absolute Gasteiger partial charge is 0.164 e. The molecule has 0 aliphatic carbocycles. The van der Waals surface area contributed by atoms with Crippen molar-refractivity contribution >= 4 is 43.6 Å². The van der Waals surface area contributed by atoms with Crippen LogP contribution in [0.25, 0.3) is 100 Å². The molecular weight excluding hydrogens is 625 g/mol.